The minimum absolute atomic E-state index is 0.793. The van der Waals surface area contributed by atoms with Crippen molar-refractivity contribution in [1.29, 1.82) is 0 Å². The molecule has 0 radical (unpaired) electrons. The molecule has 0 aromatic carbocycles. The second-order valence-corrected chi connectivity index (χ2v) is 7.54. The van der Waals surface area contributed by atoms with Crippen molar-refractivity contribution in [2.45, 2.75) is 83.7 Å². The van der Waals surface area contributed by atoms with Gasteiger partial charge < -0.3 is 10.2 Å². The molecule has 2 aliphatic carbocycles. The average Bonchev–Trinajstić information content (AvgIpc) is 2.48. The Balaban J connectivity index is 1.54. The summed E-state index contributed by atoms with van der Waals surface area (Å²) in [5.74, 6) is 1.84. The highest BCUT2D eigenvalue weighted by Crippen LogP contribution is 2.29. The Kier molecular flexibility index (Phi) is 6.83. The average molecular weight is 280 g/mol. The van der Waals surface area contributed by atoms with Crippen LogP contribution in [0.1, 0.15) is 71.6 Å². The fourth-order valence-corrected chi connectivity index (χ4v) is 4.07. The Bertz CT molecular complexity index is 256. The van der Waals surface area contributed by atoms with Gasteiger partial charge in [-0.15, -0.1) is 0 Å². The molecule has 20 heavy (non-hydrogen) atoms. The Morgan fingerprint density at radius 3 is 2.40 bits per heavy atom. The summed E-state index contributed by atoms with van der Waals surface area (Å²) in [5.41, 5.74) is 0. The molecule has 2 rings (SSSR count). The molecule has 0 heterocycles. The molecule has 0 amide bonds. The van der Waals surface area contributed by atoms with Crippen LogP contribution in [-0.4, -0.2) is 37.1 Å². The van der Waals surface area contributed by atoms with Crippen molar-refractivity contribution in [3.63, 3.8) is 0 Å². The van der Waals surface area contributed by atoms with Crippen LogP contribution in [0.15, 0.2) is 0 Å². The fraction of sp³-hybridized carbons (Fsp3) is 1.00. The highest BCUT2D eigenvalue weighted by Gasteiger charge is 2.24. The largest absolute Gasteiger partial charge is 0.314 e. The molecule has 3 unspecified atom stereocenters. The first kappa shape index (κ1) is 16.3. The van der Waals surface area contributed by atoms with Crippen LogP contribution >= 0.6 is 0 Å². The quantitative estimate of drug-likeness (QED) is 0.738. The van der Waals surface area contributed by atoms with Crippen LogP contribution in [0.25, 0.3) is 0 Å². The molecule has 0 spiro atoms. The van der Waals surface area contributed by atoms with Gasteiger partial charge in [0.05, 0.1) is 0 Å². The van der Waals surface area contributed by atoms with E-state index < -0.39 is 0 Å². The summed E-state index contributed by atoms with van der Waals surface area (Å²) in [6.45, 7) is 7.33. The van der Waals surface area contributed by atoms with Crippen molar-refractivity contribution in [3.8, 4) is 0 Å². The molecule has 1 N–H and O–H groups in total. The zero-order valence-electron chi connectivity index (χ0n) is 14.0. The van der Waals surface area contributed by atoms with Gasteiger partial charge in [-0.2, -0.15) is 0 Å². The molecule has 118 valence electrons. The predicted octanol–water partition coefficient (Wildman–Crippen LogP) is 4.06. The molecule has 0 aliphatic heterocycles. The van der Waals surface area contributed by atoms with Gasteiger partial charge >= 0.3 is 0 Å². The zero-order chi connectivity index (χ0) is 14.4. The summed E-state index contributed by atoms with van der Waals surface area (Å²) >= 11 is 0. The monoisotopic (exact) mass is 280 g/mol. The SMILES string of the molecule is CC1CCC(NCCCN(C)C2CCCCC2)CC1C. The summed E-state index contributed by atoms with van der Waals surface area (Å²) in [6, 6.07) is 1.67. The number of hydrogen-bond acceptors (Lipinski definition) is 2. The van der Waals surface area contributed by atoms with Gasteiger partial charge in [0.15, 0.2) is 0 Å². The Hall–Kier alpha value is -0.0800. The van der Waals surface area contributed by atoms with Crippen LogP contribution in [0.4, 0.5) is 0 Å². The van der Waals surface area contributed by atoms with Crippen molar-refractivity contribution >= 4 is 0 Å². The molecular weight excluding hydrogens is 244 g/mol. The molecule has 0 saturated heterocycles. The van der Waals surface area contributed by atoms with E-state index >= 15 is 0 Å². The van der Waals surface area contributed by atoms with Crippen molar-refractivity contribution in [2.24, 2.45) is 11.8 Å². The molecule has 0 bridgehead atoms. The van der Waals surface area contributed by atoms with Crippen LogP contribution < -0.4 is 5.32 Å². The minimum Gasteiger partial charge on any atom is -0.314 e. The molecule has 0 aromatic rings. The molecule has 2 saturated carbocycles. The maximum Gasteiger partial charge on any atom is 0.00922 e. The number of hydrogen-bond donors (Lipinski definition) is 1. The fourth-order valence-electron chi connectivity index (χ4n) is 4.07. The van der Waals surface area contributed by atoms with Crippen LogP contribution in [0.5, 0.6) is 0 Å². The second-order valence-electron chi connectivity index (χ2n) is 7.54. The van der Waals surface area contributed by atoms with E-state index in [1.54, 1.807) is 0 Å². The normalized spacial score (nSPS) is 32.7. The van der Waals surface area contributed by atoms with Gasteiger partial charge in [-0.25, -0.2) is 0 Å². The lowest BCUT2D eigenvalue weighted by molar-refractivity contribution is 0.185. The Morgan fingerprint density at radius 2 is 1.70 bits per heavy atom. The topological polar surface area (TPSA) is 15.3 Å². The summed E-state index contributed by atoms with van der Waals surface area (Å²) < 4.78 is 0. The van der Waals surface area contributed by atoms with Crippen LogP contribution in [0.3, 0.4) is 0 Å². The van der Waals surface area contributed by atoms with Crippen molar-refractivity contribution in [2.75, 3.05) is 20.1 Å². The van der Waals surface area contributed by atoms with Crippen molar-refractivity contribution < 1.29 is 0 Å². The number of rotatable bonds is 6. The molecule has 2 nitrogen and oxygen atoms in total. The van der Waals surface area contributed by atoms with Crippen molar-refractivity contribution in [1.82, 2.24) is 10.2 Å². The summed E-state index contributed by atoms with van der Waals surface area (Å²) in [7, 11) is 2.33. The van der Waals surface area contributed by atoms with Gasteiger partial charge in [-0.05, 0) is 70.5 Å². The molecule has 3 atom stereocenters. The van der Waals surface area contributed by atoms with Gasteiger partial charge in [0.25, 0.3) is 0 Å². The van der Waals surface area contributed by atoms with Crippen LogP contribution in [0.2, 0.25) is 0 Å². The van der Waals surface area contributed by atoms with E-state index in [0.29, 0.717) is 0 Å². The summed E-state index contributed by atoms with van der Waals surface area (Å²) in [4.78, 5) is 2.62. The van der Waals surface area contributed by atoms with Crippen molar-refractivity contribution in [3.05, 3.63) is 0 Å². The molecule has 2 heteroatoms. The van der Waals surface area contributed by atoms with Gasteiger partial charge in [-0.1, -0.05) is 33.1 Å². The first-order chi connectivity index (χ1) is 9.66. The van der Waals surface area contributed by atoms with Crippen LogP contribution in [-0.2, 0) is 0 Å². The first-order valence-electron chi connectivity index (χ1n) is 9.10. The maximum absolute atomic E-state index is 3.80. The molecular formula is C18H36N2. The van der Waals surface area contributed by atoms with E-state index in [9.17, 15) is 0 Å². The van der Waals surface area contributed by atoms with E-state index in [2.05, 4.69) is 31.1 Å². The highest BCUT2D eigenvalue weighted by molar-refractivity contribution is 4.80. The molecule has 0 aromatic heterocycles. The summed E-state index contributed by atoms with van der Waals surface area (Å²) in [5, 5.41) is 3.80. The van der Waals surface area contributed by atoms with Gasteiger partial charge in [0.2, 0.25) is 0 Å². The van der Waals surface area contributed by atoms with E-state index in [1.165, 1.54) is 70.9 Å². The highest BCUT2D eigenvalue weighted by atomic mass is 15.1. The predicted molar refractivity (Wildman–Crippen MR) is 88.1 cm³/mol. The maximum atomic E-state index is 3.80. The smallest absolute Gasteiger partial charge is 0.00922 e. The van der Waals surface area contributed by atoms with E-state index in [1.807, 2.05) is 0 Å². The van der Waals surface area contributed by atoms with Gasteiger partial charge in [0, 0.05) is 12.1 Å². The lowest BCUT2D eigenvalue weighted by Crippen LogP contribution is -2.39. The lowest BCUT2D eigenvalue weighted by atomic mass is 9.79. The number of nitrogens with one attached hydrogen (secondary N) is 1. The van der Waals surface area contributed by atoms with Crippen LogP contribution in [0, 0.1) is 11.8 Å². The van der Waals surface area contributed by atoms with E-state index in [-0.39, 0.29) is 0 Å². The Labute approximate surface area is 126 Å². The zero-order valence-corrected chi connectivity index (χ0v) is 14.0. The standard InChI is InChI=1S/C18H36N2/c1-15-10-11-17(14-16(15)2)19-12-7-13-20(3)18-8-5-4-6-9-18/h15-19H,4-14H2,1-3H3. The van der Waals surface area contributed by atoms with E-state index in [0.717, 1.165) is 23.9 Å². The first-order valence-corrected chi connectivity index (χ1v) is 9.10. The van der Waals surface area contributed by atoms with E-state index in [4.69, 9.17) is 0 Å². The molecule has 2 aliphatic rings. The van der Waals surface area contributed by atoms with Gasteiger partial charge in [0.1, 0.15) is 0 Å². The number of nitrogens with zero attached hydrogens (tertiary/aromatic N) is 1. The molecule has 2 fully saturated rings. The lowest BCUT2D eigenvalue weighted by Gasteiger charge is -2.33. The third kappa shape index (κ3) is 5.04. The Morgan fingerprint density at radius 1 is 0.950 bits per heavy atom. The van der Waals surface area contributed by atoms with Gasteiger partial charge in [-0.3, -0.25) is 0 Å². The summed E-state index contributed by atoms with van der Waals surface area (Å²) in [6.07, 6.45) is 12.7. The minimum atomic E-state index is 0.793. The second kappa shape index (κ2) is 8.38. The third-order valence-electron chi connectivity index (χ3n) is 5.92. The third-order valence-corrected chi connectivity index (χ3v) is 5.92.